The fourth-order valence-corrected chi connectivity index (χ4v) is 5.11. The van der Waals surface area contributed by atoms with Crippen molar-refractivity contribution in [3.8, 4) is 6.07 Å². The number of amides is 1. The maximum absolute atomic E-state index is 11.6. The van der Waals surface area contributed by atoms with Crippen molar-refractivity contribution in [1.82, 2.24) is 4.90 Å². The number of rotatable bonds is 2. The SMILES string of the molecule is CC(=O)N(C)C(C#N)C1C2CC3CC(C2)CC1C3. The third kappa shape index (κ3) is 1.74. The second-order valence-electron chi connectivity index (χ2n) is 6.71. The third-order valence-corrected chi connectivity index (χ3v) is 5.71. The predicted molar refractivity (Wildman–Crippen MR) is 68.4 cm³/mol. The first kappa shape index (κ1) is 12.0. The van der Waals surface area contributed by atoms with Crippen LogP contribution in [0.25, 0.3) is 0 Å². The van der Waals surface area contributed by atoms with E-state index in [9.17, 15) is 10.1 Å². The number of carbonyl (C=O) groups excluding carboxylic acids is 1. The van der Waals surface area contributed by atoms with Crippen molar-refractivity contribution in [1.29, 1.82) is 5.26 Å². The Kier molecular flexibility index (Phi) is 2.84. The van der Waals surface area contributed by atoms with Crippen LogP contribution in [0, 0.1) is 40.9 Å². The van der Waals surface area contributed by atoms with E-state index >= 15 is 0 Å². The van der Waals surface area contributed by atoms with Crippen LogP contribution in [0.3, 0.4) is 0 Å². The Bertz CT molecular complexity index is 370. The highest BCUT2D eigenvalue weighted by atomic mass is 16.2. The summed E-state index contributed by atoms with van der Waals surface area (Å²) in [5.74, 6) is 3.71. The Balaban J connectivity index is 1.83. The van der Waals surface area contributed by atoms with Gasteiger partial charge in [-0.05, 0) is 61.7 Å². The standard InChI is InChI=1S/C15H22N2O/c1-9(18)17(2)14(8-16)15-12-4-10-3-11(6-12)7-13(15)5-10/h10-15H,3-7H2,1-2H3. The van der Waals surface area contributed by atoms with Crippen LogP contribution in [-0.2, 0) is 4.79 Å². The third-order valence-electron chi connectivity index (χ3n) is 5.71. The summed E-state index contributed by atoms with van der Waals surface area (Å²) < 4.78 is 0. The summed E-state index contributed by atoms with van der Waals surface area (Å²) in [6.07, 6.45) is 6.66. The number of hydrogen-bond acceptors (Lipinski definition) is 2. The lowest BCUT2D eigenvalue weighted by Crippen LogP contribution is -2.53. The Labute approximate surface area is 109 Å². The van der Waals surface area contributed by atoms with Crippen molar-refractivity contribution in [3.63, 3.8) is 0 Å². The molecule has 0 spiro atoms. The lowest BCUT2D eigenvalue weighted by atomic mass is 9.50. The molecule has 1 unspecified atom stereocenters. The molecule has 3 nitrogen and oxygen atoms in total. The van der Waals surface area contributed by atoms with Crippen LogP contribution in [0.4, 0.5) is 0 Å². The van der Waals surface area contributed by atoms with Crippen molar-refractivity contribution in [3.05, 3.63) is 0 Å². The van der Waals surface area contributed by atoms with E-state index in [1.165, 1.54) is 32.1 Å². The molecule has 1 amide bonds. The molecule has 18 heavy (non-hydrogen) atoms. The van der Waals surface area contributed by atoms with Crippen LogP contribution in [0.15, 0.2) is 0 Å². The average Bonchev–Trinajstić information content (AvgIpc) is 2.32. The first-order valence-corrected chi connectivity index (χ1v) is 7.23. The Morgan fingerprint density at radius 3 is 2.06 bits per heavy atom. The second-order valence-corrected chi connectivity index (χ2v) is 6.71. The molecule has 4 aliphatic carbocycles. The molecule has 4 fully saturated rings. The second kappa shape index (κ2) is 4.26. The molecule has 4 aliphatic rings. The highest BCUT2D eigenvalue weighted by molar-refractivity contribution is 5.73. The van der Waals surface area contributed by atoms with Crippen LogP contribution in [0.1, 0.15) is 39.0 Å². The van der Waals surface area contributed by atoms with Gasteiger partial charge in [-0.2, -0.15) is 5.26 Å². The predicted octanol–water partition coefficient (Wildman–Crippen LogP) is 2.43. The monoisotopic (exact) mass is 246 g/mol. The van der Waals surface area contributed by atoms with Gasteiger partial charge in [0.25, 0.3) is 0 Å². The van der Waals surface area contributed by atoms with Crippen LogP contribution >= 0.6 is 0 Å². The van der Waals surface area contributed by atoms with E-state index in [4.69, 9.17) is 0 Å². The molecule has 0 aromatic rings. The van der Waals surface area contributed by atoms with Crippen LogP contribution < -0.4 is 0 Å². The minimum Gasteiger partial charge on any atom is -0.330 e. The number of carbonyl (C=O) groups is 1. The van der Waals surface area contributed by atoms with Crippen molar-refractivity contribution in [2.24, 2.45) is 29.6 Å². The van der Waals surface area contributed by atoms with Crippen molar-refractivity contribution in [2.75, 3.05) is 7.05 Å². The summed E-state index contributed by atoms with van der Waals surface area (Å²) >= 11 is 0. The molecule has 3 heteroatoms. The van der Waals surface area contributed by atoms with Gasteiger partial charge in [0, 0.05) is 14.0 Å². The molecular formula is C15H22N2O. The summed E-state index contributed by atoms with van der Waals surface area (Å²) in [4.78, 5) is 13.2. The van der Waals surface area contributed by atoms with Crippen LogP contribution in [-0.4, -0.2) is 23.9 Å². The van der Waals surface area contributed by atoms with Gasteiger partial charge in [-0.1, -0.05) is 0 Å². The van der Waals surface area contributed by atoms with E-state index in [2.05, 4.69) is 6.07 Å². The van der Waals surface area contributed by atoms with Crippen molar-refractivity contribution < 1.29 is 4.79 Å². The molecule has 0 N–H and O–H groups in total. The molecule has 0 aliphatic heterocycles. The zero-order valence-corrected chi connectivity index (χ0v) is 11.3. The normalized spacial score (nSPS) is 42.4. The fraction of sp³-hybridized carbons (Fsp3) is 0.867. The molecule has 98 valence electrons. The molecule has 1 atom stereocenters. The molecule has 0 aromatic heterocycles. The van der Waals surface area contributed by atoms with Crippen LogP contribution in [0.2, 0.25) is 0 Å². The van der Waals surface area contributed by atoms with Gasteiger partial charge >= 0.3 is 0 Å². The molecule has 0 heterocycles. The molecule has 4 rings (SSSR count). The van der Waals surface area contributed by atoms with Crippen molar-refractivity contribution in [2.45, 2.75) is 45.1 Å². The van der Waals surface area contributed by atoms with E-state index in [0.717, 1.165) is 11.8 Å². The Hall–Kier alpha value is -1.04. The van der Waals surface area contributed by atoms with E-state index in [1.54, 1.807) is 18.9 Å². The number of hydrogen-bond donors (Lipinski definition) is 0. The average molecular weight is 246 g/mol. The Morgan fingerprint density at radius 2 is 1.67 bits per heavy atom. The summed E-state index contributed by atoms with van der Waals surface area (Å²) in [5, 5.41) is 9.49. The first-order chi connectivity index (χ1) is 8.60. The molecule has 0 saturated heterocycles. The summed E-state index contributed by atoms with van der Waals surface area (Å²) in [7, 11) is 1.79. The number of nitriles is 1. The summed E-state index contributed by atoms with van der Waals surface area (Å²) in [6.45, 7) is 1.57. The summed E-state index contributed by atoms with van der Waals surface area (Å²) in [5.41, 5.74) is 0. The van der Waals surface area contributed by atoms with Gasteiger partial charge in [-0.3, -0.25) is 4.79 Å². The highest BCUT2D eigenvalue weighted by Gasteiger charge is 2.51. The first-order valence-electron chi connectivity index (χ1n) is 7.23. The molecular weight excluding hydrogens is 224 g/mol. The van der Waals surface area contributed by atoms with Gasteiger partial charge in [0.05, 0.1) is 6.07 Å². The van der Waals surface area contributed by atoms with Gasteiger partial charge < -0.3 is 4.90 Å². The van der Waals surface area contributed by atoms with E-state index in [1.807, 2.05) is 0 Å². The fourth-order valence-electron chi connectivity index (χ4n) is 5.11. The zero-order valence-electron chi connectivity index (χ0n) is 11.3. The largest absolute Gasteiger partial charge is 0.330 e. The van der Waals surface area contributed by atoms with Gasteiger partial charge in [-0.15, -0.1) is 0 Å². The van der Waals surface area contributed by atoms with Gasteiger partial charge in [-0.25, -0.2) is 0 Å². The van der Waals surface area contributed by atoms with Crippen LogP contribution in [0.5, 0.6) is 0 Å². The zero-order chi connectivity index (χ0) is 12.9. The summed E-state index contributed by atoms with van der Waals surface area (Å²) in [6, 6.07) is 2.22. The molecule has 0 radical (unpaired) electrons. The highest BCUT2D eigenvalue weighted by Crippen LogP contribution is 2.57. The topological polar surface area (TPSA) is 44.1 Å². The molecule has 4 bridgehead atoms. The Morgan fingerprint density at radius 1 is 1.17 bits per heavy atom. The lowest BCUT2D eigenvalue weighted by molar-refractivity contribution is -0.133. The van der Waals surface area contributed by atoms with E-state index in [-0.39, 0.29) is 11.9 Å². The minimum atomic E-state index is -0.197. The number of nitrogens with zero attached hydrogens (tertiary/aromatic N) is 2. The lowest BCUT2D eigenvalue weighted by Gasteiger charge is -2.56. The van der Waals surface area contributed by atoms with E-state index in [0.29, 0.717) is 17.8 Å². The molecule has 4 saturated carbocycles. The maximum Gasteiger partial charge on any atom is 0.220 e. The van der Waals surface area contributed by atoms with Gasteiger partial charge in [0.15, 0.2) is 0 Å². The minimum absolute atomic E-state index is 0.0235. The maximum atomic E-state index is 11.6. The quantitative estimate of drug-likeness (QED) is 0.751. The van der Waals surface area contributed by atoms with E-state index < -0.39 is 0 Å². The van der Waals surface area contributed by atoms with Gasteiger partial charge in [0.2, 0.25) is 5.91 Å². The van der Waals surface area contributed by atoms with Crippen molar-refractivity contribution >= 4 is 5.91 Å². The van der Waals surface area contributed by atoms with Gasteiger partial charge in [0.1, 0.15) is 6.04 Å². The smallest absolute Gasteiger partial charge is 0.220 e. The molecule has 0 aromatic carbocycles.